The molecular formula is C14H23N5O8S. The van der Waals surface area contributed by atoms with Crippen LogP contribution < -0.4 is 27.4 Å². The topological polar surface area (TPSA) is 231 Å². The number of amides is 4. The second-order valence-electron chi connectivity index (χ2n) is 5.63. The fourth-order valence-electron chi connectivity index (χ4n) is 1.86. The first-order valence-corrected chi connectivity index (χ1v) is 8.57. The van der Waals surface area contributed by atoms with Crippen LogP contribution in [0.4, 0.5) is 0 Å². The molecule has 9 N–H and O–H groups in total. The summed E-state index contributed by atoms with van der Waals surface area (Å²) in [4.78, 5) is 68.7. The van der Waals surface area contributed by atoms with E-state index in [4.69, 9.17) is 21.7 Å². The average Bonchev–Trinajstić information content (AvgIpc) is 2.60. The molecule has 3 atom stereocenters. The monoisotopic (exact) mass is 421 g/mol. The molecule has 0 saturated heterocycles. The average molecular weight is 421 g/mol. The highest BCUT2D eigenvalue weighted by atomic mass is 32.1. The molecule has 0 aliphatic carbocycles. The van der Waals surface area contributed by atoms with Gasteiger partial charge in [-0.05, 0) is 6.42 Å². The number of carboxylic acid groups (broad SMARTS) is 2. The number of carboxylic acids is 2. The van der Waals surface area contributed by atoms with E-state index in [0.29, 0.717) is 0 Å². The number of hydrogen-bond donors (Lipinski definition) is 8. The van der Waals surface area contributed by atoms with Gasteiger partial charge < -0.3 is 37.6 Å². The highest BCUT2D eigenvalue weighted by Crippen LogP contribution is 2.02. The summed E-state index contributed by atoms with van der Waals surface area (Å²) in [6.07, 6.45) is -1.39. The van der Waals surface area contributed by atoms with Gasteiger partial charge in [0, 0.05) is 12.2 Å². The Morgan fingerprint density at radius 2 is 1.46 bits per heavy atom. The number of thiol groups is 1. The van der Waals surface area contributed by atoms with Crippen LogP contribution in [-0.2, 0) is 28.8 Å². The molecule has 0 radical (unpaired) electrons. The minimum Gasteiger partial charge on any atom is -0.481 e. The van der Waals surface area contributed by atoms with Gasteiger partial charge in [-0.1, -0.05) is 0 Å². The largest absolute Gasteiger partial charge is 0.481 e. The summed E-state index contributed by atoms with van der Waals surface area (Å²) in [7, 11) is 0. The lowest BCUT2D eigenvalue weighted by atomic mass is 10.1. The van der Waals surface area contributed by atoms with E-state index in [9.17, 15) is 28.8 Å². The minimum atomic E-state index is -1.57. The predicted molar refractivity (Wildman–Crippen MR) is 97.0 cm³/mol. The zero-order valence-electron chi connectivity index (χ0n) is 14.7. The molecule has 0 bridgehead atoms. The Morgan fingerprint density at radius 1 is 0.893 bits per heavy atom. The molecule has 3 unspecified atom stereocenters. The van der Waals surface area contributed by atoms with Crippen LogP contribution in [0.25, 0.3) is 0 Å². The van der Waals surface area contributed by atoms with Crippen molar-refractivity contribution in [2.45, 2.75) is 37.4 Å². The van der Waals surface area contributed by atoms with E-state index in [2.05, 4.69) is 23.3 Å². The number of hydrogen-bond acceptors (Lipinski definition) is 8. The van der Waals surface area contributed by atoms with Crippen LogP contribution in [0.3, 0.4) is 0 Å². The fourth-order valence-corrected chi connectivity index (χ4v) is 2.03. The van der Waals surface area contributed by atoms with Crippen molar-refractivity contribution < 1.29 is 39.0 Å². The van der Waals surface area contributed by atoms with E-state index in [1.54, 1.807) is 0 Å². The first-order chi connectivity index (χ1) is 13.0. The summed E-state index contributed by atoms with van der Waals surface area (Å²) in [6.45, 7) is -0.742. The third-order valence-corrected chi connectivity index (χ3v) is 3.66. The molecule has 28 heavy (non-hydrogen) atoms. The summed E-state index contributed by atoms with van der Waals surface area (Å²) in [6, 6.07) is -4.05. The van der Waals surface area contributed by atoms with Crippen molar-refractivity contribution in [2.24, 2.45) is 11.5 Å². The molecule has 0 saturated carbocycles. The highest BCUT2D eigenvalue weighted by molar-refractivity contribution is 7.80. The Balaban J connectivity index is 5.26. The maximum atomic E-state index is 12.4. The van der Waals surface area contributed by atoms with Gasteiger partial charge in [-0.3, -0.25) is 28.8 Å². The molecule has 13 nitrogen and oxygen atoms in total. The number of primary amides is 1. The number of carbonyl (C=O) groups excluding carboxylic acids is 4. The van der Waals surface area contributed by atoms with Gasteiger partial charge in [-0.25, -0.2) is 0 Å². The summed E-state index contributed by atoms with van der Waals surface area (Å²) in [5, 5.41) is 23.9. The van der Waals surface area contributed by atoms with Crippen LogP contribution in [0.2, 0.25) is 0 Å². The van der Waals surface area contributed by atoms with Crippen molar-refractivity contribution in [3.05, 3.63) is 0 Å². The van der Waals surface area contributed by atoms with Crippen LogP contribution in [-0.4, -0.2) is 76.2 Å². The van der Waals surface area contributed by atoms with Gasteiger partial charge in [0.1, 0.15) is 18.6 Å². The van der Waals surface area contributed by atoms with Crippen molar-refractivity contribution >= 4 is 48.2 Å². The first-order valence-electron chi connectivity index (χ1n) is 7.94. The quantitative estimate of drug-likeness (QED) is 0.136. The van der Waals surface area contributed by atoms with Crippen molar-refractivity contribution in [1.82, 2.24) is 16.0 Å². The molecule has 0 aromatic heterocycles. The van der Waals surface area contributed by atoms with Gasteiger partial charge >= 0.3 is 11.9 Å². The summed E-state index contributed by atoms with van der Waals surface area (Å²) >= 11 is 3.82. The van der Waals surface area contributed by atoms with Gasteiger partial charge in [0.25, 0.3) is 0 Å². The molecular weight excluding hydrogens is 398 g/mol. The van der Waals surface area contributed by atoms with E-state index >= 15 is 0 Å². The molecule has 0 aliphatic rings. The van der Waals surface area contributed by atoms with E-state index in [0.717, 1.165) is 0 Å². The highest BCUT2D eigenvalue weighted by Gasteiger charge is 2.29. The minimum absolute atomic E-state index is 0.0634. The second-order valence-corrected chi connectivity index (χ2v) is 5.99. The van der Waals surface area contributed by atoms with E-state index in [1.165, 1.54) is 0 Å². The number of rotatable bonds is 13. The molecule has 158 valence electrons. The predicted octanol–water partition coefficient (Wildman–Crippen LogP) is -3.85. The smallest absolute Gasteiger partial charge is 0.322 e. The van der Waals surface area contributed by atoms with E-state index < -0.39 is 66.7 Å². The number of aliphatic carboxylic acids is 2. The molecule has 0 heterocycles. The third kappa shape index (κ3) is 10.3. The van der Waals surface area contributed by atoms with E-state index in [1.807, 2.05) is 5.32 Å². The zero-order chi connectivity index (χ0) is 21.9. The molecule has 4 amide bonds. The Morgan fingerprint density at radius 3 is 1.93 bits per heavy atom. The van der Waals surface area contributed by atoms with Gasteiger partial charge in [-0.15, -0.1) is 0 Å². The molecule has 0 spiro atoms. The Hall–Kier alpha value is -2.87. The molecule has 0 aliphatic heterocycles. The number of nitrogens with two attached hydrogens (primary N) is 2. The summed E-state index contributed by atoms with van der Waals surface area (Å²) < 4.78 is 0. The maximum absolute atomic E-state index is 12.4. The standard InChI is InChI=1S/C14H23N5O8S/c15-6(5-28)12(25)19-8(3-10(21)22)14(27)18-7(1-2-9(16)20)13(26)17-4-11(23)24/h6-8,28H,1-5,15H2,(H2,16,20)(H,17,26)(H,18,27)(H,19,25)(H,21,22)(H,23,24). The molecule has 0 fully saturated rings. The lowest BCUT2D eigenvalue weighted by Gasteiger charge is -2.22. The SMILES string of the molecule is NC(=O)CCC(NC(=O)C(CC(=O)O)NC(=O)C(N)CS)C(=O)NCC(=O)O. The van der Waals surface area contributed by atoms with Gasteiger partial charge in [-0.2, -0.15) is 12.6 Å². The Kier molecular flexibility index (Phi) is 11.2. The third-order valence-electron chi connectivity index (χ3n) is 3.27. The van der Waals surface area contributed by atoms with E-state index in [-0.39, 0.29) is 18.6 Å². The number of carbonyl (C=O) groups is 6. The lowest BCUT2D eigenvalue weighted by Crippen LogP contribution is -2.56. The molecule has 0 rings (SSSR count). The number of nitrogens with one attached hydrogen (secondary N) is 3. The Labute approximate surface area is 165 Å². The van der Waals surface area contributed by atoms with Crippen LogP contribution in [0, 0.1) is 0 Å². The van der Waals surface area contributed by atoms with Crippen molar-refractivity contribution in [2.75, 3.05) is 12.3 Å². The lowest BCUT2D eigenvalue weighted by molar-refractivity contribution is -0.141. The summed E-state index contributed by atoms with van der Waals surface area (Å²) in [5.41, 5.74) is 10.5. The zero-order valence-corrected chi connectivity index (χ0v) is 15.6. The normalized spacial score (nSPS) is 13.5. The van der Waals surface area contributed by atoms with Crippen LogP contribution >= 0.6 is 12.6 Å². The summed E-state index contributed by atoms with van der Waals surface area (Å²) in [5.74, 6) is -6.40. The van der Waals surface area contributed by atoms with Crippen molar-refractivity contribution in [3.63, 3.8) is 0 Å². The van der Waals surface area contributed by atoms with Crippen LogP contribution in [0.1, 0.15) is 19.3 Å². The molecule has 14 heteroatoms. The second kappa shape index (κ2) is 12.5. The van der Waals surface area contributed by atoms with Crippen LogP contribution in [0.15, 0.2) is 0 Å². The molecule has 0 aromatic carbocycles. The van der Waals surface area contributed by atoms with Crippen molar-refractivity contribution in [1.29, 1.82) is 0 Å². The van der Waals surface area contributed by atoms with Gasteiger partial charge in [0.15, 0.2) is 0 Å². The first kappa shape index (κ1) is 25.1. The fraction of sp³-hybridized carbons (Fsp3) is 0.571. The molecule has 0 aromatic rings. The Bertz CT molecular complexity index is 629. The van der Waals surface area contributed by atoms with Gasteiger partial charge in [0.05, 0.1) is 12.5 Å². The van der Waals surface area contributed by atoms with Crippen molar-refractivity contribution in [3.8, 4) is 0 Å². The maximum Gasteiger partial charge on any atom is 0.322 e. The van der Waals surface area contributed by atoms with Gasteiger partial charge in [0.2, 0.25) is 23.6 Å². The van der Waals surface area contributed by atoms with Crippen LogP contribution in [0.5, 0.6) is 0 Å².